The van der Waals surface area contributed by atoms with Gasteiger partial charge in [0, 0.05) is 11.6 Å². The number of benzene rings is 1. The summed E-state index contributed by atoms with van der Waals surface area (Å²) in [5, 5.41) is 10.8. The van der Waals surface area contributed by atoms with Crippen molar-refractivity contribution in [3.05, 3.63) is 52.7 Å². The lowest BCUT2D eigenvalue weighted by molar-refractivity contribution is 0.220. The molecule has 23 heavy (non-hydrogen) atoms. The number of halogens is 1. The van der Waals surface area contributed by atoms with E-state index in [1.165, 1.54) is 0 Å². The fourth-order valence-corrected chi connectivity index (χ4v) is 2.83. The molecule has 0 saturated heterocycles. The maximum Gasteiger partial charge on any atom is 0.257 e. The minimum atomic E-state index is 0.558. The van der Waals surface area contributed by atoms with Crippen LogP contribution >= 0.6 is 22.9 Å². The van der Waals surface area contributed by atoms with E-state index in [0.29, 0.717) is 30.0 Å². The quantitative estimate of drug-likeness (QED) is 0.646. The topological polar surface area (TPSA) is 51.4 Å². The Labute approximate surface area is 143 Å². The smallest absolute Gasteiger partial charge is 0.257 e. The van der Waals surface area contributed by atoms with Crippen LogP contribution in [0, 0.1) is 0 Å². The second kappa shape index (κ2) is 7.59. The fourth-order valence-electron chi connectivity index (χ4n) is 2.00. The van der Waals surface area contributed by atoms with E-state index in [1.807, 2.05) is 42.8 Å². The van der Waals surface area contributed by atoms with Gasteiger partial charge in [-0.25, -0.2) is 0 Å². The second-order valence-corrected chi connectivity index (χ2v) is 6.41. The first-order valence-electron chi connectivity index (χ1n) is 7.14. The minimum Gasteiger partial charge on any atom is -0.492 e. The van der Waals surface area contributed by atoms with Gasteiger partial charge in [0.2, 0.25) is 5.89 Å². The average Bonchev–Trinajstić information content (AvgIpc) is 3.18. The number of likely N-dealkylation sites (N-methyl/N-ethyl adjacent to an activating group) is 1. The molecule has 0 bridgehead atoms. The molecule has 3 rings (SSSR count). The normalized spacial score (nSPS) is 11.1. The Bertz CT molecular complexity index is 745. The number of ether oxygens (including phenoxy) is 1. The Kier molecular flexibility index (Phi) is 5.27. The van der Waals surface area contributed by atoms with Gasteiger partial charge in [0.05, 0.1) is 11.4 Å². The van der Waals surface area contributed by atoms with Crippen LogP contribution in [-0.4, -0.2) is 35.3 Å². The molecule has 0 spiro atoms. The molecule has 0 fully saturated rings. The van der Waals surface area contributed by atoms with Crippen LogP contribution in [0.3, 0.4) is 0 Å². The van der Waals surface area contributed by atoms with E-state index < -0.39 is 0 Å². The van der Waals surface area contributed by atoms with Crippen LogP contribution in [0.1, 0.15) is 5.89 Å². The first-order valence-corrected chi connectivity index (χ1v) is 8.39. The number of aromatic nitrogens is 2. The number of thiophene rings is 1. The summed E-state index contributed by atoms with van der Waals surface area (Å²) >= 11 is 7.50. The van der Waals surface area contributed by atoms with Crippen LogP contribution in [0.25, 0.3) is 10.8 Å². The predicted molar refractivity (Wildman–Crippen MR) is 90.9 cm³/mol. The second-order valence-electron chi connectivity index (χ2n) is 5.02. The zero-order valence-corrected chi connectivity index (χ0v) is 14.2. The monoisotopic (exact) mass is 349 g/mol. The Morgan fingerprint density at radius 1 is 1.26 bits per heavy atom. The summed E-state index contributed by atoms with van der Waals surface area (Å²) in [4.78, 5) is 3.05. The van der Waals surface area contributed by atoms with E-state index in [1.54, 1.807) is 17.4 Å². The van der Waals surface area contributed by atoms with Crippen molar-refractivity contribution in [2.75, 3.05) is 20.2 Å². The van der Waals surface area contributed by atoms with Crippen LogP contribution in [0.15, 0.2) is 46.2 Å². The van der Waals surface area contributed by atoms with E-state index in [9.17, 15) is 0 Å². The van der Waals surface area contributed by atoms with Crippen molar-refractivity contribution in [2.24, 2.45) is 0 Å². The summed E-state index contributed by atoms with van der Waals surface area (Å²) in [5.41, 5.74) is 0. The van der Waals surface area contributed by atoms with Gasteiger partial charge < -0.3 is 9.15 Å². The van der Waals surface area contributed by atoms with Crippen molar-refractivity contribution >= 4 is 22.9 Å². The van der Waals surface area contributed by atoms with E-state index in [4.69, 9.17) is 20.8 Å². The van der Waals surface area contributed by atoms with Gasteiger partial charge in [0.15, 0.2) is 0 Å². The van der Waals surface area contributed by atoms with Crippen molar-refractivity contribution in [1.82, 2.24) is 15.1 Å². The maximum absolute atomic E-state index is 5.92. The molecule has 1 aromatic carbocycles. The summed E-state index contributed by atoms with van der Waals surface area (Å²) in [5.74, 6) is 1.93. The molecule has 2 heterocycles. The molecule has 3 aromatic rings. The maximum atomic E-state index is 5.92. The molecule has 0 amide bonds. The SMILES string of the molecule is CN(CCOc1cccc(Cl)c1)Cc1nnc(-c2cccs2)o1. The molecule has 120 valence electrons. The molecule has 0 aliphatic carbocycles. The molecule has 0 unspecified atom stereocenters. The molecular weight excluding hydrogens is 334 g/mol. The third-order valence-corrected chi connectivity index (χ3v) is 4.23. The predicted octanol–water partition coefficient (Wildman–Crippen LogP) is 3.96. The van der Waals surface area contributed by atoms with Gasteiger partial charge in [-0.2, -0.15) is 0 Å². The van der Waals surface area contributed by atoms with Gasteiger partial charge in [-0.05, 0) is 36.7 Å². The van der Waals surface area contributed by atoms with Gasteiger partial charge in [0.1, 0.15) is 12.4 Å². The lowest BCUT2D eigenvalue weighted by Crippen LogP contribution is -2.24. The molecule has 0 N–H and O–H groups in total. The largest absolute Gasteiger partial charge is 0.492 e. The number of rotatable bonds is 7. The van der Waals surface area contributed by atoms with Crippen LogP contribution in [0.2, 0.25) is 5.02 Å². The molecule has 2 aromatic heterocycles. The summed E-state index contributed by atoms with van der Waals surface area (Å²) in [6.07, 6.45) is 0. The van der Waals surface area contributed by atoms with Crippen LogP contribution in [0.4, 0.5) is 0 Å². The lowest BCUT2D eigenvalue weighted by atomic mass is 10.3. The number of hydrogen-bond donors (Lipinski definition) is 0. The molecule has 0 radical (unpaired) electrons. The minimum absolute atomic E-state index is 0.558. The molecule has 7 heteroatoms. The summed E-state index contributed by atoms with van der Waals surface area (Å²) in [6, 6.07) is 11.3. The summed E-state index contributed by atoms with van der Waals surface area (Å²) in [6.45, 7) is 1.88. The van der Waals surface area contributed by atoms with Crippen molar-refractivity contribution in [3.63, 3.8) is 0 Å². The Balaban J connectivity index is 1.47. The first kappa shape index (κ1) is 16.0. The Morgan fingerprint density at radius 2 is 2.17 bits per heavy atom. The van der Waals surface area contributed by atoms with E-state index in [-0.39, 0.29) is 0 Å². The number of hydrogen-bond acceptors (Lipinski definition) is 6. The highest BCUT2D eigenvalue weighted by molar-refractivity contribution is 7.13. The molecular formula is C16H16ClN3O2S. The zero-order chi connectivity index (χ0) is 16.1. The van der Waals surface area contributed by atoms with Crippen LogP contribution < -0.4 is 4.74 Å². The van der Waals surface area contributed by atoms with Crippen LogP contribution in [0.5, 0.6) is 5.75 Å². The van der Waals surface area contributed by atoms with Gasteiger partial charge >= 0.3 is 0 Å². The molecule has 5 nitrogen and oxygen atoms in total. The van der Waals surface area contributed by atoms with E-state index in [2.05, 4.69) is 15.1 Å². The highest BCUT2D eigenvalue weighted by atomic mass is 35.5. The van der Waals surface area contributed by atoms with Gasteiger partial charge in [-0.3, -0.25) is 4.90 Å². The zero-order valence-electron chi connectivity index (χ0n) is 12.6. The Hall–Kier alpha value is -1.89. The van der Waals surface area contributed by atoms with E-state index in [0.717, 1.165) is 17.2 Å². The Morgan fingerprint density at radius 3 is 2.96 bits per heavy atom. The number of nitrogens with zero attached hydrogens (tertiary/aromatic N) is 3. The lowest BCUT2D eigenvalue weighted by Gasteiger charge is -2.14. The molecule has 0 aliphatic heterocycles. The fraction of sp³-hybridized carbons (Fsp3) is 0.250. The molecule has 0 saturated carbocycles. The van der Waals surface area contributed by atoms with Gasteiger partial charge in [0.25, 0.3) is 5.89 Å². The summed E-state index contributed by atoms with van der Waals surface area (Å²) in [7, 11) is 1.98. The highest BCUT2D eigenvalue weighted by Crippen LogP contribution is 2.23. The standard InChI is InChI=1S/C16H16ClN3O2S/c1-20(7-8-21-13-5-2-4-12(17)10-13)11-15-18-19-16(22-15)14-6-3-9-23-14/h2-6,9-10H,7-8,11H2,1H3. The van der Waals surface area contributed by atoms with Crippen molar-refractivity contribution < 1.29 is 9.15 Å². The third-order valence-electron chi connectivity index (χ3n) is 3.14. The van der Waals surface area contributed by atoms with Crippen molar-refractivity contribution in [2.45, 2.75) is 6.54 Å². The van der Waals surface area contributed by atoms with Crippen molar-refractivity contribution in [3.8, 4) is 16.5 Å². The summed E-state index contributed by atoms with van der Waals surface area (Å²) < 4.78 is 11.3. The van der Waals surface area contributed by atoms with Crippen molar-refractivity contribution in [1.29, 1.82) is 0 Å². The van der Waals surface area contributed by atoms with E-state index >= 15 is 0 Å². The first-order chi connectivity index (χ1) is 11.2. The highest BCUT2D eigenvalue weighted by Gasteiger charge is 2.11. The third kappa shape index (κ3) is 4.54. The van der Waals surface area contributed by atoms with Gasteiger partial charge in [-0.1, -0.05) is 23.7 Å². The average molecular weight is 350 g/mol. The molecule has 0 aliphatic rings. The van der Waals surface area contributed by atoms with Crippen LogP contribution in [-0.2, 0) is 6.54 Å². The van der Waals surface area contributed by atoms with Gasteiger partial charge in [-0.15, -0.1) is 21.5 Å². The molecule has 0 atom stereocenters.